The summed E-state index contributed by atoms with van der Waals surface area (Å²) in [5.74, 6) is -0.671. The zero-order valence-corrected chi connectivity index (χ0v) is 11.4. The number of likely N-dealkylation sites (tertiary alicyclic amines) is 1. The van der Waals surface area contributed by atoms with Gasteiger partial charge in [0.2, 0.25) is 0 Å². The van der Waals surface area contributed by atoms with Gasteiger partial charge in [0, 0.05) is 23.1 Å². The summed E-state index contributed by atoms with van der Waals surface area (Å²) < 4.78 is 40.7. The monoisotopic (exact) mass is 337 g/mol. The smallest absolute Gasteiger partial charge is 0.406 e. The Hall–Kier alpha value is -1.24. The molecule has 0 unspecified atom stereocenters. The van der Waals surface area contributed by atoms with E-state index in [0.717, 1.165) is 18.9 Å². The van der Waals surface area contributed by atoms with Gasteiger partial charge in [0.15, 0.2) is 0 Å². The van der Waals surface area contributed by atoms with Crippen LogP contribution in [0, 0.1) is 0 Å². The van der Waals surface area contributed by atoms with E-state index < -0.39 is 12.1 Å². The van der Waals surface area contributed by atoms with Gasteiger partial charge in [-0.05, 0) is 31.0 Å². The Kier molecular flexibility index (Phi) is 4.03. The number of amides is 1. The Bertz CT molecular complexity index is 484. The number of nitrogens with zero attached hydrogens (tertiary/aromatic N) is 1. The van der Waals surface area contributed by atoms with Crippen LogP contribution in [-0.2, 0) is 0 Å². The van der Waals surface area contributed by atoms with Crippen LogP contribution >= 0.6 is 15.9 Å². The molecular formula is C12H11BrF3NO2. The highest BCUT2D eigenvalue weighted by Gasteiger charge is 2.31. The molecule has 1 aliphatic heterocycles. The number of ether oxygens (including phenoxy) is 1. The predicted octanol–water partition coefficient (Wildman–Crippen LogP) is 3.58. The fourth-order valence-corrected chi connectivity index (χ4v) is 2.45. The molecule has 7 heteroatoms. The van der Waals surface area contributed by atoms with Crippen molar-refractivity contribution in [2.45, 2.75) is 19.2 Å². The third-order valence-corrected chi connectivity index (χ3v) is 3.20. The summed E-state index contributed by atoms with van der Waals surface area (Å²) in [4.78, 5) is 13.7. The first-order valence-electron chi connectivity index (χ1n) is 5.71. The minimum absolute atomic E-state index is 0.190. The molecule has 1 fully saturated rings. The maximum atomic E-state index is 12.2. The van der Waals surface area contributed by atoms with Crippen LogP contribution < -0.4 is 4.74 Å². The molecule has 1 amide bonds. The lowest BCUT2D eigenvalue weighted by Gasteiger charge is -2.16. The fraction of sp³-hybridized carbons (Fsp3) is 0.417. The first-order valence-corrected chi connectivity index (χ1v) is 6.50. The lowest BCUT2D eigenvalue weighted by atomic mass is 10.2. The number of rotatable bonds is 2. The summed E-state index contributed by atoms with van der Waals surface area (Å²) in [6.45, 7) is 1.28. The maximum absolute atomic E-state index is 12.2. The van der Waals surface area contributed by atoms with Crippen molar-refractivity contribution in [3.63, 3.8) is 0 Å². The zero-order valence-electron chi connectivity index (χ0n) is 9.84. The standard InChI is InChI=1S/C12H11BrF3NO2/c13-9-5-8(11(18)17-3-1-2-4-17)6-10(7-9)19-12(14,15)16/h5-7H,1-4H2. The number of carbonyl (C=O) groups is 1. The second-order valence-corrected chi connectivity index (χ2v) is 5.14. The number of hydrogen-bond donors (Lipinski definition) is 0. The van der Waals surface area contributed by atoms with Crippen molar-refractivity contribution >= 4 is 21.8 Å². The highest BCUT2D eigenvalue weighted by atomic mass is 79.9. The minimum Gasteiger partial charge on any atom is -0.406 e. The summed E-state index contributed by atoms with van der Waals surface area (Å²) >= 11 is 3.08. The summed E-state index contributed by atoms with van der Waals surface area (Å²) in [5, 5.41) is 0. The van der Waals surface area contributed by atoms with Gasteiger partial charge in [-0.2, -0.15) is 0 Å². The van der Waals surface area contributed by atoms with Crippen molar-refractivity contribution in [3.05, 3.63) is 28.2 Å². The van der Waals surface area contributed by atoms with Gasteiger partial charge in [-0.1, -0.05) is 15.9 Å². The van der Waals surface area contributed by atoms with Gasteiger partial charge >= 0.3 is 6.36 Å². The van der Waals surface area contributed by atoms with Gasteiger partial charge in [0.05, 0.1) is 0 Å². The zero-order chi connectivity index (χ0) is 14.0. The second-order valence-electron chi connectivity index (χ2n) is 4.22. The molecule has 104 valence electrons. The predicted molar refractivity (Wildman–Crippen MR) is 66.0 cm³/mol. The first-order chi connectivity index (χ1) is 8.85. The number of carbonyl (C=O) groups excluding carboxylic acids is 1. The van der Waals surface area contributed by atoms with Gasteiger partial charge < -0.3 is 9.64 Å². The Morgan fingerprint density at radius 1 is 1.21 bits per heavy atom. The van der Waals surface area contributed by atoms with Crippen LogP contribution in [0.5, 0.6) is 5.75 Å². The SMILES string of the molecule is O=C(c1cc(Br)cc(OC(F)(F)F)c1)N1CCCC1. The van der Waals surface area contributed by atoms with Crippen molar-refractivity contribution in [2.24, 2.45) is 0 Å². The molecule has 0 aliphatic carbocycles. The van der Waals surface area contributed by atoms with Crippen LogP contribution in [0.3, 0.4) is 0 Å². The van der Waals surface area contributed by atoms with Crippen molar-refractivity contribution in [1.82, 2.24) is 4.90 Å². The normalized spacial score (nSPS) is 15.7. The van der Waals surface area contributed by atoms with E-state index in [1.54, 1.807) is 4.90 Å². The van der Waals surface area contributed by atoms with Crippen molar-refractivity contribution in [3.8, 4) is 5.75 Å². The average molecular weight is 338 g/mol. The Morgan fingerprint density at radius 2 is 1.84 bits per heavy atom. The van der Waals surface area contributed by atoms with E-state index in [4.69, 9.17) is 0 Å². The molecule has 1 heterocycles. The lowest BCUT2D eigenvalue weighted by molar-refractivity contribution is -0.274. The van der Waals surface area contributed by atoms with E-state index in [0.29, 0.717) is 17.6 Å². The number of hydrogen-bond acceptors (Lipinski definition) is 2. The van der Waals surface area contributed by atoms with E-state index in [1.165, 1.54) is 12.1 Å². The van der Waals surface area contributed by atoms with Gasteiger partial charge in [0.25, 0.3) is 5.91 Å². The molecule has 0 atom stereocenters. The van der Waals surface area contributed by atoms with Crippen LogP contribution in [0.1, 0.15) is 23.2 Å². The average Bonchev–Trinajstić information content (AvgIpc) is 2.77. The molecule has 1 saturated heterocycles. The summed E-state index contributed by atoms with van der Waals surface area (Å²) in [6, 6.07) is 3.77. The molecule has 1 aromatic rings. The Labute approximate surface area is 116 Å². The lowest BCUT2D eigenvalue weighted by Crippen LogP contribution is -2.27. The molecule has 3 nitrogen and oxygen atoms in total. The van der Waals surface area contributed by atoms with Gasteiger partial charge in [0.1, 0.15) is 5.75 Å². The van der Waals surface area contributed by atoms with E-state index in [2.05, 4.69) is 20.7 Å². The Balaban J connectivity index is 2.23. The highest BCUT2D eigenvalue weighted by Crippen LogP contribution is 2.28. The van der Waals surface area contributed by atoms with Crippen molar-refractivity contribution in [1.29, 1.82) is 0 Å². The second kappa shape index (κ2) is 5.40. The maximum Gasteiger partial charge on any atom is 0.573 e. The molecule has 0 bridgehead atoms. The van der Waals surface area contributed by atoms with Crippen molar-refractivity contribution in [2.75, 3.05) is 13.1 Å². The van der Waals surface area contributed by atoms with Gasteiger partial charge in [-0.25, -0.2) is 0 Å². The molecule has 1 aromatic carbocycles. The van der Waals surface area contributed by atoms with Crippen LogP contribution in [-0.4, -0.2) is 30.3 Å². The number of benzene rings is 1. The largest absolute Gasteiger partial charge is 0.573 e. The van der Waals surface area contributed by atoms with Crippen LogP contribution in [0.4, 0.5) is 13.2 Å². The van der Waals surface area contributed by atoms with Crippen molar-refractivity contribution < 1.29 is 22.7 Å². The highest BCUT2D eigenvalue weighted by molar-refractivity contribution is 9.10. The van der Waals surface area contributed by atoms with E-state index >= 15 is 0 Å². The summed E-state index contributed by atoms with van der Waals surface area (Å²) in [6.07, 6.45) is -2.92. The van der Waals surface area contributed by atoms with Crippen LogP contribution in [0.2, 0.25) is 0 Å². The number of alkyl halides is 3. The topological polar surface area (TPSA) is 29.5 Å². The molecule has 1 aliphatic rings. The third kappa shape index (κ3) is 3.86. The van der Waals surface area contributed by atoms with Crippen LogP contribution in [0.15, 0.2) is 22.7 Å². The molecule has 2 rings (SSSR count). The summed E-state index contributed by atoms with van der Waals surface area (Å²) in [5.41, 5.74) is 0.190. The molecule has 0 N–H and O–H groups in total. The Morgan fingerprint density at radius 3 is 2.42 bits per heavy atom. The summed E-state index contributed by atoms with van der Waals surface area (Å²) in [7, 11) is 0. The molecule has 0 aromatic heterocycles. The molecule has 19 heavy (non-hydrogen) atoms. The fourth-order valence-electron chi connectivity index (χ4n) is 1.98. The number of halogens is 4. The van der Waals surface area contributed by atoms with Gasteiger partial charge in [-0.15, -0.1) is 13.2 Å². The molecule has 0 spiro atoms. The quantitative estimate of drug-likeness (QED) is 0.825. The first kappa shape index (κ1) is 14.2. The molecular weight excluding hydrogens is 327 g/mol. The third-order valence-electron chi connectivity index (χ3n) is 2.75. The molecule has 0 saturated carbocycles. The van der Waals surface area contributed by atoms with Crippen LogP contribution in [0.25, 0.3) is 0 Å². The van der Waals surface area contributed by atoms with E-state index in [1.807, 2.05) is 0 Å². The van der Waals surface area contributed by atoms with E-state index in [9.17, 15) is 18.0 Å². The van der Waals surface area contributed by atoms with E-state index in [-0.39, 0.29) is 11.5 Å². The van der Waals surface area contributed by atoms with Gasteiger partial charge in [-0.3, -0.25) is 4.79 Å². The minimum atomic E-state index is -4.77. The molecule has 0 radical (unpaired) electrons.